The van der Waals surface area contributed by atoms with Crippen molar-refractivity contribution in [2.45, 2.75) is 6.92 Å². The Morgan fingerprint density at radius 2 is 2.00 bits per heavy atom. The van der Waals surface area contributed by atoms with Crippen molar-refractivity contribution in [1.29, 1.82) is 0 Å². The first-order chi connectivity index (χ1) is 8.97. The number of rotatable bonds is 2. The third kappa shape index (κ3) is 3.06. The summed E-state index contributed by atoms with van der Waals surface area (Å²) in [6, 6.07) is 9.90. The summed E-state index contributed by atoms with van der Waals surface area (Å²) >= 11 is 3.40. The number of carbonyl (C=O) groups excluding carboxylic acids is 1. The molecule has 0 aliphatic heterocycles. The average molecular weight is 321 g/mol. The predicted molar refractivity (Wildman–Crippen MR) is 79.4 cm³/mol. The van der Waals surface area contributed by atoms with Crippen molar-refractivity contribution in [3.63, 3.8) is 0 Å². The second kappa shape index (κ2) is 5.32. The van der Waals surface area contributed by atoms with Crippen molar-refractivity contribution in [2.75, 3.05) is 11.1 Å². The molecule has 4 N–H and O–H groups in total. The molecule has 0 saturated heterocycles. The van der Waals surface area contributed by atoms with Crippen LogP contribution in [0.3, 0.4) is 0 Å². The minimum atomic E-state index is -0.381. The minimum Gasteiger partial charge on any atom is -0.507 e. The summed E-state index contributed by atoms with van der Waals surface area (Å²) < 4.78 is 0.909. The second-order valence-electron chi connectivity index (χ2n) is 4.19. The first-order valence-electron chi connectivity index (χ1n) is 5.63. The summed E-state index contributed by atoms with van der Waals surface area (Å²) in [4.78, 5) is 12.0. The van der Waals surface area contributed by atoms with Gasteiger partial charge in [-0.15, -0.1) is 0 Å². The fourth-order valence-corrected chi connectivity index (χ4v) is 1.99. The maximum atomic E-state index is 12.0. The van der Waals surface area contributed by atoms with Crippen molar-refractivity contribution in [3.05, 3.63) is 52.0 Å². The Kier molecular flexibility index (Phi) is 3.76. The Labute approximate surface area is 119 Å². The van der Waals surface area contributed by atoms with Gasteiger partial charge in [-0.05, 0) is 36.8 Å². The van der Waals surface area contributed by atoms with Crippen LogP contribution in [0.4, 0.5) is 11.4 Å². The molecule has 19 heavy (non-hydrogen) atoms. The number of amides is 1. The molecule has 0 bridgehead atoms. The van der Waals surface area contributed by atoms with Crippen LogP contribution in [0.15, 0.2) is 40.9 Å². The van der Waals surface area contributed by atoms with Gasteiger partial charge >= 0.3 is 0 Å². The lowest BCUT2D eigenvalue weighted by Crippen LogP contribution is -2.12. The molecule has 0 saturated carbocycles. The molecule has 0 fully saturated rings. The third-order valence-electron chi connectivity index (χ3n) is 2.70. The lowest BCUT2D eigenvalue weighted by atomic mass is 10.1. The number of phenols is 1. The number of anilines is 2. The Hall–Kier alpha value is -2.01. The highest BCUT2D eigenvalue weighted by Crippen LogP contribution is 2.24. The molecule has 0 aromatic heterocycles. The molecule has 0 aliphatic carbocycles. The summed E-state index contributed by atoms with van der Waals surface area (Å²) in [5.74, 6) is -0.517. The van der Waals surface area contributed by atoms with Gasteiger partial charge in [-0.25, -0.2) is 0 Å². The zero-order valence-electron chi connectivity index (χ0n) is 10.3. The highest BCUT2D eigenvalue weighted by molar-refractivity contribution is 9.10. The van der Waals surface area contributed by atoms with Crippen LogP contribution in [-0.4, -0.2) is 11.0 Å². The number of halogens is 1. The van der Waals surface area contributed by atoms with Crippen LogP contribution >= 0.6 is 15.9 Å². The number of phenolic OH excluding ortho intramolecular Hbond substituents is 1. The monoisotopic (exact) mass is 320 g/mol. The maximum Gasteiger partial charge on any atom is 0.259 e. The highest BCUT2D eigenvalue weighted by atomic mass is 79.9. The molecule has 1 amide bonds. The van der Waals surface area contributed by atoms with Gasteiger partial charge in [0.05, 0.1) is 5.56 Å². The van der Waals surface area contributed by atoms with Crippen LogP contribution in [0.1, 0.15) is 15.9 Å². The SMILES string of the molecule is Cc1ccc(NC(=O)c2ccc(N)cc2O)cc1Br. The number of benzene rings is 2. The van der Waals surface area contributed by atoms with Crippen molar-refractivity contribution in [3.8, 4) is 5.75 Å². The van der Waals surface area contributed by atoms with E-state index in [2.05, 4.69) is 21.2 Å². The topological polar surface area (TPSA) is 75.4 Å². The Balaban J connectivity index is 2.23. The molecular weight excluding hydrogens is 308 g/mol. The zero-order chi connectivity index (χ0) is 14.0. The molecule has 2 rings (SSSR count). The number of hydrogen-bond donors (Lipinski definition) is 3. The summed E-state index contributed by atoms with van der Waals surface area (Å²) in [6.07, 6.45) is 0. The Bertz CT molecular complexity index is 641. The molecule has 0 spiro atoms. The summed E-state index contributed by atoms with van der Waals surface area (Å²) in [6.45, 7) is 1.96. The number of aromatic hydroxyl groups is 1. The summed E-state index contributed by atoms with van der Waals surface area (Å²) in [5, 5.41) is 12.4. The lowest BCUT2D eigenvalue weighted by Gasteiger charge is -2.08. The molecule has 4 nitrogen and oxygen atoms in total. The first kappa shape index (κ1) is 13.4. The fraction of sp³-hybridized carbons (Fsp3) is 0.0714. The predicted octanol–water partition coefficient (Wildman–Crippen LogP) is 3.30. The van der Waals surface area contributed by atoms with Gasteiger partial charge in [0.15, 0.2) is 0 Å². The standard InChI is InChI=1S/C14H13BrN2O2/c1-8-2-4-10(7-12(8)15)17-14(19)11-5-3-9(16)6-13(11)18/h2-7,18H,16H2,1H3,(H,17,19). The molecule has 2 aromatic carbocycles. The molecule has 0 atom stereocenters. The molecule has 0 aliphatic rings. The van der Waals surface area contributed by atoms with E-state index in [0.717, 1.165) is 10.0 Å². The quantitative estimate of drug-likeness (QED) is 0.743. The van der Waals surface area contributed by atoms with Crippen LogP contribution in [0, 0.1) is 6.92 Å². The fourth-order valence-electron chi connectivity index (χ4n) is 1.61. The van der Waals surface area contributed by atoms with E-state index in [4.69, 9.17) is 5.73 Å². The first-order valence-corrected chi connectivity index (χ1v) is 6.42. The summed E-state index contributed by atoms with van der Waals surface area (Å²) in [7, 11) is 0. The van der Waals surface area contributed by atoms with Crippen LogP contribution in [0.25, 0.3) is 0 Å². The van der Waals surface area contributed by atoms with Crippen molar-refractivity contribution in [1.82, 2.24) is 0 Å². The van der Waals surface area contributed by atoms with E-state index in [0.29, 0.717) is 11.4 Å². The molecule has 2 aromatic rings. The van der Waals surface area contributed by atoms with E-state index in [-0.39, 0.29) is 17.2 Å². The van der Waals surface area contributed by atoms with E-state index in [9.17, 15) is 9.90 Å². The van der Waals surface area contributed by atoms with E-state index in [1.807, 2.05) is 19.1 Å². The minimum absolute atomic E-state index is 0.135. The van der Waals surface area contributed by atoms with E-state index in [1.165, 1.54) is 12.1 Å². The molecular formula is C14H13BrN2O2. The van der Waals surface area contributed by atoms with Gasteiger partial charge in [0.1, 0.15) is 5.75 Å². The molecule has 98 valence electrons. The van der Waals surface area contributed by atoms with Crippen molar-refractivity contribution < 1.29 is 9.90 Å². The Morgan fingerprint density at radius 3 is 2.63 bits per heavy atom. The van der Waals surface area contributed by atoms with Crippen molar-refractivity contribution >= 4 is 33.2 Å². The lowest BCUT2D eigenvalue weighted by molar-refractivity contribution is 0.102. The third-order valence-corrected chi connectivity index (χ3v) is 3.55. The molecule has 5 heteroatoms. The van der Waals surface area contributed by atoms with Gasteiger partial charge in [-0.2, -0.15) is 0 Å². The van der Waals surface area contributed by atoms with Crippen LogP contribution < -0.4 is 11.1 Å². The van der Waals surface area contributed by atoms with Gasteiger partial charge in [0, 0.05) is 21.9 Å². The van der Waals surface area contributed by atoms with Gasteiger partial charge in [-0.1, -0.05) is 22.0 Å². The van der Waals surface area contributed by atoms with Gasteiger partial charge < -0.3 is 16.2 Å². The smallest absolute Gasteiger partial charge is 0.259 e. The highest BCUT2D eigenvalue weighted by Gasteiger charge is 2.11. The van der Waals surface area contributed by atoms with Crippen LogP contribution in [-0.2, 0) is 0 Å². The number of aryl methyl sites for hydroxylation is 1. The van der Waals surface area contributed by atoms with Crippen molar-refractivity contribution in [2.24, 2.45) is 0 Å². The number of nitrogens with one attached hydrogen (secondary N) is 1. The van der Waals surface area contributed by atoms with Crippen LogP contribution in [0.2, 0.25) is 0 Å². The van der Waals surface area contributed by atoms with Gasteiger partial charge in [0.25, 0.3) is 5.91 Å². The number of nitrogen functional groups attached to an aromatic ring is 1. The molecule has 0 heterocycles. The maximum absolute atomic E-state index is 12.0. The normalized spacial score (nSPS) is 10.2. The van der Waals surface area contributed by atoms with E-state index in [1.54, 1.807) is 12.1 Å². The largest absolute Gasteiger partial charge is 0.507 e. The molecule has 0 radical (unpaired) electrons. The van der Waals surface area contributed by atoms with Crippen LogP contribution in [0.5, 0.6) is 5.75 Å². The summed E-state index contributed by atoms with van der Waals surface area (Å²) in [5.41, 5.74) is 7.84. The second-order valence-corrected chi connectivity index (χ2v) is 5.05. The number of nitrogens with two attached hydrogens (primary N) is 1. The number of carbonyl (C=O) groups is 1. The van der Waals surface area contributed by atoms with E-state index >= 15 is 0 Å². The Morgan fingerprint density at radius 1 is 1.26 bits per heavy atom. The molecule has 0 unspecified atom stereocenters. The van der Waals surface area contributed by atoms with Gasteiger partial charge in [0.2, 0.25) is 0 Å². The van der Waals surface area contributed by atoms with Gasteiger partial charge in [-0.3, -0.25) is 4.79 Å². The zero-order valence-corrected chi connectivity index (χ0v) is 11.9. The number of hydrogen-bond acceptors (Lipinski definition) is 3. The average Bonchev–Trinajstić information content (AvgIpc) is 2.33. The van der Waals surface area contributed by atoms with E-state index < -0.39 is 0 Å².